The highest BCUT2D eigenvalue weighted by Crippen LogP contribution is 1.99. The van der Waals surface area contributed by atoms with Gasteiger partial charge < -0.3 is 25.2 Å². The normalized spacial score (nSPS) is 11.3. The largest absolute Gasteiger partial charge is 0.481 e. The molecule has 0 aromatic heterocycles. The number of nitrogens with zero attached hydrogens (tertiary/aromatic N) is 1. The zero-order valence-corrected chi connectivity index (χ0v) is 11.3. The van der Waals surface area contributed by atoms with Crippen LogP contribution in [0.5, 0.6) is 0 Å². The standard InChI is InChI=1S/C11H18N2O7/c1-3-4-13(6-9(16)20-2)11(19)12-7(10(17)18)5-8(14)15/h7H,3-6H2,1-2H3,(H,12,19)(H,14,15)(H,17,18)/t7-/m1/s1. The van der Waals surface area contributed by atoms with Crippen molar-refractivity contribution in [3.63, 3.8) is 0 Å². The van der Waals surface area contributed by atoms with Crippen LogP contribution in [0.1, 0.15) is 19.8 Å². The summed E-state index contributed by atoms with van der Waals surface area (Å²) < 4.78 is 4.42. The van der Waals surface area contributed by atoms with E-state index in [1.165, 1.54) is 0 Å². The summed E-state index contributed by atoms with van der Waals surface area (Å²) in [6, 6.07) is -2.39. The lowest BCUT2D eigenvalue weighted by Crippen LogP contribution is -2.50. The Morgan fingerprint density at radius 1 is 1.25 bits per heavy atom. The monoisotopic (exact) mass is 290 g/mol. The number of ether oxygens (including phenoxy) is 1. The van der Waals surface area contributed by atoms with E-state index in [-0.39, 0.29) is 13.1 Å². The Bertz CT molecular complexity index is 383. The van der Waals surface area contributed by atoms with E-state index in [4.69, 9.17) is 10.2 Å². The van der Waals surface area contributed by atoms with Crippen LogP contribution >= 0.6 is 0 Å². The number of hydrogen-bond acceptors (Lipinski definition) is 5. The highest BCUT2D eigenvalue weighted by atomic mass is 16.5. The van der Waals surface area contributed by atoms with E-state index in [0.29, 0.717) is 6.42 Å². The number of nitrogens with one attached hydrogen (secondary N) is 1. The second-order valence-corrected chi connectivity index (χ2v) is 3.94. The van der Waals surface area contributed by atoms with Crippen LogP contribution < -0.4 is 5.32 Å². The number of carboxylic acid groups (broad SMARTS) is 2. The molecule has 0 saturated carbocycles. The number of hydrogen-bond donors (Lipinski definition) is 3. The average molecular weight is 290 g/mol. The van der Waals surface area contributed by atoms with Crippen molar-refractivity contribution in [3.05, 3.63) is 0 Å². The van der Waals surface area contributed by atoms with E-state index < -0.39 is 36.4 Å². The number of amides is 2. The third-order valence-corrected chi connectivity index (χ3v) is 2.30. The Labute approximate surface area is 115 Å². The van der Waals surface area contributed by atoms with Crippen LogP contribution in [0.3, 0.4) is 0 Å². The first-order valence-corrected chi connectivity index (χ1v) is 5.88. The van der Waals surface area contributed by atoms with E-state index in [9.17, 15) is 19.2 Å². The summed E-state index contributed by atoms with van der Waals surface area (Å²) in [6.45, 7) is 1.64. The quantitative estimate of drug-likeness (QED) is 0.513. The predicted molar refractivity (Wildman–Crippen MR) is 66.1 cm³/mol. The maximum atomic E-state index is 11.8. The second-order valence-electron chi connectivity index (χ2n) is 3.94. The van der Waals surface area contributed by atoms with E-state index in [0.717, 1.165) is 12.0 Å². The van der Waals surface area contributed by atoms with Gasteiger partial charge in [0.1, 0.15) is 12.6 Å². The van der Waals surface area contributed by atoms with E-state index >= 15 is 0 Å². The van der Waals surface area contributed by atoms with Gasteiger partial charge in [0.05, 0.1) is 13.5 Å². The number of esters is 1. The molecule has 9 heteroatoms. The van der Waals surface area contributed by atoms with Crippen molar-refractivity contribution in [1.29, 1.82) is 0 Å². The van der Waals surface area contributed by atoms with Crippen molar-refractivity contribution < 1.29 is 34.1 Å². The number of rotatable bonds is 8. The summed E-state index contributed by atoms with van der Waals surface area (Å²) in [5, 5.41) is 19.5. The van der Waals surface area contributed by atoms with Crippen molar-refractivity contribution >= 4 is 23.9 Å². The Morgan fingerprint density at radius 3 is 2.25 bits per heavy atom. The lowest BCUT2D eigenvalue weighted by molar-refractivity contribution is -0.145. The molecule has 0 bridgehead atoms. The number of carbonyl (C=O) groups is 4. The zero-order chi connectivity index (χ0) is 15.7. The van der Waals surface area contributed by atoms with E-state index in [1.807, 2.05) is 0 Å². The molecule has 2 amide bonds. The Kier molecular flexibility index (Phi) is 7.71. The van der Waals surface area contributed by atoms with Crippen LogP contribution in [0.4, 0.5) is 4.79 Å². The summed E-state index contributed by atoms with van der Waals surface area (Å²) in [5.74, 6) is -3.47. The molecule has 9 nitrogen and oxygen atoms in total. The number of methoxy groups -OCH3 is 1. The van der Waals surface area contributed by atoms with Crippen LogP contribution in [0.15, 0.2) is 0 Å². The van der Waals surface area contributed by atoms with Crippen molar-refractivity contribution in [1.82, 2.24) is 10.2 Å². The van der Waals surface area contributed by atoms with Gasteiger partial charge in [-0.1, -0.05) is 6.92 Å². The molecule has 0 unspecified atom stereocenters. The number of aliphatic carboxylic acids is 2. The van der Waals surface area contributed by atoms with Gasteiger partial charge in [-0.25, -0.2) is 9.59 Å². The molecule has 0 spiro atoms. The number of carbonyl (C=O) groups excluding carboxylic acids is 2. The SMILES string of the molecule is CCCN(CC(=O)OC)C(=O)N[C@H](CC(=O)O)C(=O)O. The van der Waals surface area contributed by atoms with Crippen molar-refractivity contribution in [2.24, 2.45) is 0 Å². The molecule has 3 N–H and O–H groups in total. The highest BCUT2D eigenvalue weighted by molar-refractivity contribution is 5.87. The molecule has 0 aromatic carbocycles. The van der Waals surface area contributed by atoms with Crippen molar-refractivity contribution in [2.75, 3.05) is 20.2 Å². The molecule has 114 valence electrons. The van der Waals surface area contributed by atoms with Crippen LogP contribution in [-0.4, -0.2) is 65.3 Å². The molecule has 0 rings (SSSR count). The molecule has 0 heterocycles. The lowest BCUT2D eigenvalue weighted by Gasteiger charge is -2.23. The summed E-state index contributed by atoms with van der Waals surface area (Å²) in [4.78, 5) is 45.4. The van der Waals surface area contributed by atoms with Crippen molar-refractivity contribution in [2.45, 2.75) is 25.8 Å². The summed E-state index contributed by atoms with van der Waals surface area (Å²) in [5.41, 5.74) is 0. The number of carboxylic acids is 2. The van der Waals surface area contributed by atoms with Gasteiger partial charge in [-0.2, -0.15) is 0 Å². The third-order valence-electron chi connectivity index (χ3n) is 2.30. The van der Waals surface area contributed by atoms with Crippen LogP contribution in [0.25, 0.3) is 0 Å². The maximum absolute atomic E-state index is 11.8. The Morgan fingerprint density at radius 2 is 1.85 bits per heavy atom. The molecule has 0 aliphatic carbocycles. The summed E-state index contributed by atoms with van der Waals surface area (Å²) >= 11 is 0. The minimum atomic E-state index is -1.56. The maximum Gasteiger partial charge on any atom is 0.326 e. The zero-order valence-electron chi connectivity index (χ0n) is 11.3. The van der Waals surface area contributed by atoms with Gasteiger partial charge in [0.2, 0.25) is 0 Å². The van der Waals surface area contributed by atoms with Gasteiger partial charge in [0.15, 0.2) is 0 Å². The van der Waals surface area contributed by atoms with Gasteiger partial charge in [-0.15, -0.1) is 0 Å². The average Bonchev–Trinajstić information content (AvgIpc) is 2.36. The number of urea groups is 1. The van der Waals surface area contributed by atoms with Crippen molar-refractivity contribution in [3.8, 4) is 0 Å². The minimum absolute atomic E-state index is 0.209. The molecule has 0 aliphatic heterocycles. The fraction of sp³-hybridized carbons (Fsp3) is 0.636. The van der Waals surface area contributed by atoms with Crippen LogP contribution in [0, 0.1) is 0 Å². The topological polar surface area (TPSA) is 133 Å². The smallest absolute Gasteiger partial charge is 0.326 e. The van der Waals surface area contributed by atoms with E-state index in [2.05, 4.69) is 10.1 Å². The second kappa shape index (κ2) is 8.73. The summed E-state index contributed by atoms with van der Waals surface area (Å²) in [7, 11) is 1.16. The first-order valence-electron chi connectivity index (χ1n) is 5.88. The molecular weight excluding hydrogens is 272 g/mol. The van der Waals surface area contributed by atoms with Gasteiger partial charge in [-0.05, 0) is 6.42 Å². The van der Waals surface area contributed by atoms with Gasteiger partial charge in [-0.3, -0.25) is 9.59 Å². The summed E-state index contributed by atoms with van der Waals surface area (Å²) in [6.07, 6.45) is -0.208. The molecule has 0 fully saturated rings. The minimum Gasteiger partial charge on any atom is -0.481 e. The van der Waals surface area contributed by atoms with Gasteiger partial charge >= 0.3 is 23.9 Å². The van der Waals surface area contributed by atoms with E-state index in [1.54, 1.807) is 6.92 Å². The fourth-order valence-corrected chi connectivity index (χ4v) is 1.36. The Balaban J connectivity index is 4.74. The molecule has 0 radical (unpaired) electrons. The first-order chi connectivity index (χ1) is 9.31. The molecule has 0 aromatic rings. The van der Waals surface area contributed by atoms with Crippen LogP contribution in [0.2, 0.25) is 0 Å². The molecule has 20 heavy (non-hydrogen) atoms. The fourth-order valence-electron chi connectivity index (χ4n) is 1.36. The third kappa shape index (κ3) is 6.57. The molecule has 0 aliphatic rings. The first kappa shape index (κ1) is 17.7. The van der Waals surface area contributed by atoms with Gasteiger partial charge in [0.25, 0.3) is 0 Å². The lowest BCUT2D eigenvalue weighted by atomic mass is 10.2. The highest BCUT2D eigenvalue weighted by Gasteiger charge is 2.26. The molecule has 0 saturated heterocycles. The predicted octanol–water partition coefficient (Wildman–Crippen LogP) is -0.491. The van der Waals surface area contributed by atoms with Gasteiger partial charge in [0, 0.05) is 6.54 Å². The molecular formula is C11H18N2O7. The van der Waals surface area contributed by atoms with Crippen LogP contribution in [-0.2, 0) is 19.1 Å². The Hall–Kier alpha value is -2.32. The molecule has 1 atom stereocenters.